The van der Waals surface area contributed by atoms with E-state index < -0.39 is 15.6 Å². The van der Waals surface area contributed by atoms with E-state index in [1.54, 1.807) is 4.31 Å². The predicted octanol–water partition coefficient (Wildman–Crippen LogP) is 4.40. The molecule has 0 aliphatic rings. The fourth-order valence-corrected chi connectivity index (χ4v) is 3.94. The molecule has 0 amide bonds. The zero-order valence-electron chi connectivity index (χ0n) is 15.3. The summed E-state index contributed by atoms with van der Waals surface area (Å²) in [5.41, 5.74) is 2.01. The third kappa shape index (κ3) is 4.82. The lowest BCUT2D eigenvalue weighted by Gasteiger charge is -2.35. The predicted molar refractivity (Wildman–Crippen MR) is 94.5 cm³/mol. The van der Waals surface area contributed by atoms with E-state index >= 15 is 0 Å². The molecule has 0 radical (unpaired) electrons. The van der Waals surface area contributed by atoms with Crippen LogP contribution in [0.25, 0.3) is 0 Å². The first kappa shape index (κ1) is 19.2. The topological polar surface area (TPSA) is 37.4 Å². The lowest BCUT2D eigenvalue weighted by molar-refractivity contribution is 0.242. The molecular formula is C18H31NO2S. The Hall–Kier alpha value is -0.870. The van der Waals surface area contributed by atoms with Crippen molar-refractivity contribution in [1.82, 2.24) is 4.31 Å². The second-order valence-electron chi connectivity index (χ2n) is 8.23. The molecule has 0 saturated carbocycles. The molecule has 0 unspecified atom stereocenters. The zero-order valence-corrected chi connectivity index (χ0v) is 16.1. The molecule has 3 nitrogen and oxygen atoms in total. The van der Waals surface area contributed by atoms with E-state index in [4.69, 9.17) is 0 Å². The fourth-order valence-electron chi connectivity index (χ4n) is 2.57. The van der Waals surface area contributed by atoms with Crippen molar-refractivity contribution in [1.29, 1.82) is 0 Å². The van der Waals surface area contributed by atoms with Crippen LogP contribution in [0.3, 0.4) is 0 Å². The van der Waals surface area contributed by atoms with Gasteiger partial charge in [-0.3, -0.25) is 0 Å². The first-order valence-electron chi connectivity index (χ1n) is 7.80. The molecule has 0 saturated heterocycles. The zero-order chi connectivity index (χ0) is 17.3. The van der Waals surface area contributed by atoms with E-state index in [1.807, 2.05) is 39.0 Å². The summed E-state index contributed by atoms with van der Waals surface area (Å²) in [6.07, 6.45) is 1.29. The largest absolute Gasteiger partial charge is 0.212 e. The van der Waals surface area contributed by atoms with Gasteiger partial charge in [0.1, 0.15) is 0 Å². The van der Waals surface area contributed by atoms with Gasteiger partial charge in [0.05, 0.1) is 6.26 Å². The summed E-state index contributed by atoms with van der Waals surface area (Å²) in [4.78, 5) is 0. The van der Waals surface area contributed by atoms with E-state index in [1.165, 1.54) is 11.8 Å². The van der Waals surface area contributed by atoms with Crippen molar-refractivity contribution in [3.63, 3.8) is 0 Å². The Labute approximate surface area is 136 Å². The molecular weight excluding hydrogens is 294 g/mol. The number of hydrogen-bond acceptors (Lipinski definition) is 2. The molecule has 0 aromatic heterocycles. The van der Waals surface area contributed by atoms with Gasteiger partial charge in [0, 0.05) is 12.1 Å². The standard InChI is InChI=1S/C18H31NO2S/c1-14(17(2,3)4)16-12-10-9-11-15(16)13-19(18(5,6)7)22(8,20)21/h9-12,14H,13H2,1-8H3/t14-/m0/s1. The second kappa shape index (κ2) is 6.32. The Kier molecular flexibility index (Phi) is 5.51. The van der Waals surface area contributed by atoms with E-state index in [-0.39, 0.29) is 5.41 Å². The number of rotatable bonds is 4. The Morgan fingerprint density at radius 1 is 1.05 bits per heavy atom. The van der Waals surface area contributed by atoms with Gasteiger partial charge in [-0.15, -0.1) is 0 Å². The van der Waals surface area contributed by atoms with Gasteiger partial charge in [-0.05, 0) is 43.2 Å². The summed E-state index contributed by atoms with van der Waals surface area (Å²) in [7, 11) is -3.27. The summed E-state index contributed by atoms with van der Waals surface area (Å²) in [5.74, 6) is 0.352. The Balaban J connectivity index is 3.29. The normalized spacial score (nSPS) is 15.1. The summed E-state index contributed by atoms with van der Waals surface area (Å²) in [6, 6.07) is 8.18. The summed E-state index contributed by atoms with van der Waals surface area (Å²) in [5, 5.41) is 0. The fraction of sp³-hybridized carbons (Fsp3) is 0.667. The second-order valence-corrected chi connectivity index (χ2v) is 10.1. The van der Waals surface area contributed by atoms with E-state index in [0.29, 0.717) is 12.5 Å². The maximum Gasteiger partial charge on any atom is 0.211 e. The average Bonchev–Trinajstić information content (AvgIpc) is 2.31. The smallest absolute Gasteiger partial charge is 0.211 e. The van der Waals surface area contributed by atoms with Crippen LogP contribution in [-0.4, -0.2) is 24.5 Å². The van der Waals surface area contributed by atoms with E-state index in [9.17, 15) is 8.42 Å². The van der Waals surface area contributed by atoms with Crippen LogP contribution >= 0.6 is 0 Å². The van der Waals surface area contributed by atoms with Crippen LogP contribution in [0.2, 0.25) is 0 Å². The van der Waals surface area contributed by atoms with Gasteiger partial charge in [0.15, 0.2) is 0 Å². The van der Waals surface area contributed by atoms with Crippen molar-refractivity contribution in [3.8, 4) is 0 Å². The Morgan fingerprint density at radius 3 is 1.95 bits per heavy atom. The maximum absolute atomic E-state index is 12.2. The molecule has 4 heteroatoms. The summed E-state index contributed by atoms with van der Waals surface area (Å²) in [6.45, 7) is 15.1. The molecule has 126 valence electrons. The average molecular weight is 326 g/mol. The molecule has 22 heavy (non-hydrogen) atoms. The highest BCUT2D eigenvalue weighted by Crippen LogP contribution is 2.37. The Morgan fingerprint density at radius 2 is 1.55 bits per heavy atom. The molecule has 0 fully saturated rings. The monoisotopic (exact) mass is 325 g/mol. The van der Waals surface area contributed by atoms with Crippen LogP contribution in [0.5, 0.6) is 0 Å². The van der Waals surface area contributed by atoms with Crippen LogP contribution in [0.4, 0.5) is 0 Å². The first-order valence-corrected chi connectivity index (χ1v) is 9.65. The summed E-state index contributed by atoms with van der Waals surface area (Å²) >= 11 is 0. The minimum Gasteiger partial charge on any atom is -0.212 e. The summed E-state index contributed by atoms with van der Waals surface area (Å²) < 4.78 is 26.0. The molecule has 0 heterocycles. The van der Waals surface area contributed by atoms with Gasteiger partial charge < -0.3 is 0 Å². The lowest BCUT2D eigenvalue weighted by Crippen LogP contribution is -2.44. The molecule has 1 rings (SSSR count). The highest BCUT2D eigenvalue weighted by Gasteiger charge is 2.31. The minimum atomic E-state index is -3.27. The number of nitrogens with zero attached hydrogens (tertiary/aromatic N) is 1. The number of benzene rings is 1. The molecule has 0 bridgehead atoms. The van der Waals surface area contributed by atoms with Crippen molar-refractivity contribution in [2.45, 2.75) is 66.5 Å². The van der Waals surface area contributed by atoms with Gasteiger partial charge in [-0.2, -0.15) is 4.31 Å². The van der Waals surface area contributed by atoms with Crippen molar-refractivity contribution in [3.05, 3.63) is 35.4 Å². The SMILES string of the molecule is C[C@@H](c1ccccc1CN(C(C)(C)C)S(C)(=O)=O)C(C)(C)C. The van der Waals surface area contributed by atoms with Crippen LogP contribution in [-0.2, 0) is 16.6 Å². The van der Waals surface area contributed by atoms with Crippen molar-refractivity contribution in [2.75, 3.05) is 6.26 Å². The molecule has 1 atom stereocenters. The third-order valence-electron chi connectivity index (χ3n) is 4.28. The highest BCUT2D eigenvalue weighted by atomic mass is 32.2. The molecule has 0 aliphatic heterocycles. The number of hydrogen-bond donors (Lipinski definition) is 0. The van der Waals surface area contributed by atoms with Crippen LogP contribution in [0.1, 0.15) is 65.5 Å². The van der Waals surface area contributed by atoms with E-state index in [2.05, 4.69) is 33.8 Å². The van der Waals surface area contributed by atoms with E-state index in [0.717, 1.165) is 5.56 Å². The highest BCUT2D eigenvalue weighted by molar-refractivity contribution is 7.88. The van der Waals surface area contributed by atoms with Crippen molar-refractivity contribution in [2.24, 2.45) is 5.41 Å². The van der Waals surface area contributed by atoms with Gasteiger partial charge in [0.2, 0.25) is 10.0 Å². The van der Waals surface area contributed by atoms with Gasteiger partial charge in [-0.25, -0.2) is 8.42 Å². The molecule has 1 aromatic rings. The van der Waals surface area contributed by atoms with Gasteiger partial charge in [0.25, 0.3) is 0 Å². The number of sulfonamides is 1. The maximum atomic E-state index is 12.2. The van der Waals surface area contributed by atoms with Crippen LogP contribution in [0, 0.1) is 5.41 Å². The first-order chi connectivity index (χ1) is 9.74. The molecule has 1 aromatic carbocycles. The molecule has 0 N–H and O–H groups in total. The van der Waals surface area contributed by atoms with Gasteiger partial charge in [-0.1, -0.05) is 52.0 Å². The molecule has 0 spiro atoms. The van der Waals surface area contributed by atoms with Crippen molar-refractivity contribution < 1.29 is 8.42 Å². The minimum absolute atomic E-state index is 0.133. The molecule has 0 aliphatic carbocycles. The lowest BCUT2D eigenvalue weighted by atomic mass is 9.76. The quantitative estimate of drug-likeness (QED) is 0.823. The van der Waals surface area contributed by atoms with Gasteiger partial charge >= 0.3 is 0 Å². The van der Waals surface area contributed by atoms with Crippen LogP contribution in [0.15, 0.2) is 24.3 Å². The van der Waals surface area contributed by atoms with Crippen LogP contribution < -0.4 is 0 Å². The Bertz CT molecular complexity index is 607. The third-order valence-corrected chi connectivity index (χ3v) is 5.76. The van der Waals surface area contributed by atoms with Crippen molar-refractivity contribution >= 4 is 10.0 Å².